The van der Waals surface area contributed by atoms with Crippen molar-refractivity contribution in [3.63, 3.8) is 0 Å². The molecule has 1 atom stereocenters. The predicted octanol–water partition coefficient (Wildman–Crippen LogP) is 3.31. The standard InChI is InChI=1S/C16H25NO2/c1-12(2)14(4)17-16(18)6-5-11-19-15-9-7-13(3)8-10-15/h7-10,12,14H,5-6,11H2,1-4H3,(H,17,18). The van der Waals surface area contributed by atoms with Crippen molar-refractivity contribution < 1.29 is 9.53 Å². The van der Waals surface area contributed by atoms with E-state index in [9.17, 15) is 4.79 Å². The number of hydrogen-bond acceptors (Lipinski definition) is 2. The number of rotatable bonds is 7. The zero-order chi connectivity index (χ0) is 14.3. The van der Waals surface area contributed by atoms with Crippen molar-refractivity contribution in [2.24, 2.45) is 5.92 Å². The van der Waals surface area contributed by atoms with Gasteiger partial charge in [0.2, 0.25) is 5.91 Å². The number of ether oxygens (including phenoxy) is 1. The lowest BCUT2D eigenvalue weighted by atomic mass is 10.1. The predicted molar refractivity (Wildman–Crippen MR) is 78.4 cm³/mol. The van der Waals surface area contributed by atoms with Gasteiger partial charge in [0.25, 0.3) is 0 Å². The van der Waals surface area contributed by atoms with Gasteiger partial charge in [-0.25, -0.2) is 0 Å². The summed E-state index contributed by atoms with van der Waals surface area (Å²) in [6.45, 7) is 8.86. The van der Waals surface area contributed by atoms with Gasteiger partial charge in [0.05, 0.1) is 6.61 Å². The number of amides is 1. The average Bonchev–Trinajstić information content (AvgIpc) is 2.36. The fraction of sp³-hybridized carbons (Fsp3) is 0.562. The molecule has 1 rings (SSSR count). The monoisotopic (exact) mass is 263 g/mol. The number of hydrogen-bond donors (Lipinski definition) is 1. The maximum atomic E-state index is 11.6. The van der Waals surface area contributed by atoms with Crippen LogP contribution in [0.25, 0.3) is 0 Å². The Kier molecular flexibility index (Phi) is 6.40. The Morgan fingerprint density at radius 3 is 2.42 bits per heavy atom. The fourth-order valence-corrected chi connectivity index (χ4v) is 1.55. The van der Waals surface area contributed by atoms with Gasteiger partial charge in [0, 0.05) is 12.5 Å². The van der Waals surface area contributed by atoms with Gasteiger partial charge in [-0.2, -0.15) is 0 Å². The lowest BCUT2D eigenvalue weighted by Crippen LogP contribution is -2.36. The van der Waals surface area contributed by atoms with E-state index in [-0.39, 0.29) is 11.9 Å². The van der Waals surface area contributed by atoms with Crippen molar-refractivity contribution in [3.05, 3.63) is 29.8 Å². The Morgan fingerprint density at radius 2 is 1.84 bits per heavy atom. The van der Waals surface area contributed by atoms with Gasteiger partial charge in [0.1, 0.15) is 5.75 Å². The highest BCUT2D eigenvalue weighted by Crippen LogP contribution is 2.11. The first-order valence-corrected chi connectivity index (χ1v) is 6.98. The van der Waals surface area contributed by atoms with Crippen LogP contribution in [0, 0.1) is 12.8 Å². The molecule has 1 aromatic carbocycles. The normalized spacial score (nSPS) is 12.3. The summed E-state index contributed by atoms with van der Waals surface area (Å²) in [7, 11) is 0. The Bertz CT molecular complexity index is 384. The summed E-state index contributed by atoms with van der Waals surface area (Å²) in [5.41, 5.74) is 1.22. The van der Waals surface area contributed by atoms with E-state index in [1.165, 1.54) is 5.56 Å². The molecular weight excluding hydrogens is 238 g/mol. The molecule has 0 aromatic heterocycles. The first kappa shape index (κ1) is 15.5. The third-order valence-corrected chi connectivity index (χ3v) is 3.23. The van der Waals surface area contributed by atoms with Crippen LogP contribution in [0.4, 0.5) is 0 Å². The molecule has 3 heteroatoms. The summed E-state index contributed by atoms with van der Waals surface area (Å²) in [6.07, 6.45) is 1.26. The van der Waals surface area contributed by atoms with Crippen molar-refractivity contribution in [3.8, 4) is 5.75 Å². The second-order valence-electron chi connectivity index (χ2n) is 5.37. The molecule has 0 saturated carbocycles. The number of nitrogens with one attached hydrogen (secondary N) is 1. The van der Waals surface area contributed by atoms with Gasteiger partial charge in [-0.1, -0.05) is 31.5 Å². The molecule has 0 radical (unpaired) electrons. The summed E-state index contributed by atoms with van der Waals surface area (Å²) in [5.74, 6) is 1.43. The molecule has 1 N–H and O–H groups in total. The molecule has 0 aliphatic heterocycles. The molecule has 1 unspecified atom stereocenters. The van der Waals surface area contributed by atoms with Gasteiger partial charge in [0.15, 0.2) is 0 Å². The maximum absolute atomic E-state index is 11.6. The SMILES string of the molecule is Cc1ccc(OCCCC(=O)NC(C)C(C)C)cc1. The topological polar surface area (TPSA) is 38.3 Å². The first-order chi connectivity index (χ1) is 8.99. The molecule has 0 aliphatic carbocycles. The fourth-order valence-electron chi connectivity index (χ4n) is 1.55. The number of carbonyl (C=O) groups is 1. The first-order valence-electron chi connectivity index (χ1n) is 6.98. The molecule has 0 fully saturated rings. The van der Waals surface area contributed by atoms with Crippen molar-refractivity contribution in [2.45, 2.75) is 46.6 Å². The van der Waals surface area contributed by atoms with Crippen LogP contribution >= 0.6 is 0 Å². The Balaban J connectivity index is 2.17. The van der Waals surface area contributed by atoms with E-state index in [1.807, 2.05) is 38.1 Å². The minimum atomic E-state index is 0.105. The summed E-state index contributed by atoms with van der Waals surface area (Å²) < 4.78 is 5.58. The van der Waals surface area contributed by atoms with E-state index in [4.69, 9.17) is 4.74 Å². The van der Waals surface area contributed by atoms with Crippen LogP contribution in [-0.2, 0) is 4.79 Å². The number of aryl methyl sites for hydroxylation is 1. The lowest BCUT2D eigenvalue weighted by Gasteiger charge is -2.17. The van der Waals surface area contributed by atoms with Crippen molar-refractivity contribution in [1.29, 1.82) is 0 Å². The third kappa shape index (κ3) is 6.27. The highest BCUT2D eigenvalue weighted by molar-refractivity contribution is 5.76. The second-order valence-corrected chi connectivity index (χ2v) is 5.37. The molecule has 19 heavy (non-hydrogen) atoms. The molecular formula is C16H25NO2. The molecule has 3 nitrogen and oxygen atoms in total. The van der Waals surface area contributed by atoms with Crippen LogP contribution in [0.1, 0.15) is 39.2 Å². The highest BCUT2D eigenvalue weighted by atomic mass is 16.5. The molecule has 0 heterocycles. The van der Waals surface area contributed by atoms with Gasteiger partial charge >= 0.3 is 0 Å². The number of carbonyl (C=O) groups excluding carboxylic acids is 1. The molecule has 0 aliphatic rings. The average molecular weight is 263 g/mol. The highest BCUT2D eigenvalue weighted by Gasteiger charge is 2.10. The second kappa shape index (κ2) is 7.82. The van der Waals surface area contributed by atoms with Crippen LogP contribution in [-0.4, -0.2) is 18.6 Å². The quantitative estimate of drug-likeness (QED) is 0.766. The minimum absolute atomic E-state index is 0.105. The molecule has 1 amide bonds. The largest absolute Gasteiger partial charge is 0.494 e. The van der Waals surface area contributed by atoms with Crippen molar-refractivity contribution in [1.82, 2.24) is 5.32 Å². The third-order valence-electron chi connectivity index (χ3n) is 3.23. The van der Waals surface area contributed by atoms with E-state index >= 15 is 0 Å². The summed E-state index contributed by atoms with van der Waals surface area (Å²) in [6, 6.07) is 8.18. The summed E-state index contributed by atoms with van der Waals surface area (Å²) in [5, 5.41) is 2.99. The summed E-state index contributed by atoms with van der Waals surface area (Å²) in [4.78, 5) is 11.6. The van der Waals surface area contributed by atoms with Gasteiger partial charge in [-0.05, 0) is 38.3 Å². The van der Waals surface area contributed by atoms with Crippen LogP contribution in [0.15, 0.2) is 24.3 Å². The van der Waals surface area contributed by atoms with Crippen LogP contribution < -0.4 is 10.1 Å². The van der Waals surface area contributed by atoms with Crippen molar-refractivity contribution >= 4 is 5.91 Å². The molecule has 0 bridgehead atoms. The van der Waals surface area contributed by atoms with E-state index < -0.39 is 0 Å². The summed E-state index contributed by atoms with van der Waals surface area (Å²) >= 11 is 0. The number of benzene rings is 1. The molecule has 1 aromatic rings. The Labute approximate surface area is 116 Å². The molecule has 0 spiro atoms. The maximum Gasteiger partial charge on any atom is 0.220 e. The molecule has 0 saturated heterocycles. The van der Waals surface area contributed by atoms with Gasteiger partial charge in [-0.3, -0.25) is 4.79 Å². The zero-order valence-corrected chi connectivity index (χ0v) is 12.4. The Hall–Kier alpha value is -1.51. The van der Waals surface area contributed by atoms with Crippen molar-refractivity contribution in [2.75, 3.05) is 6.61 Å². The van der Waals surface area contributed by atoms with E-state index in [1.54, 1.807) is 0 Å². The van der Waals surface area contributed by atoms with Gasteiger partial charge < -0.3 is 10.1 Å². The van der Waals surface area contributed by atoms with E-state index in [2.05, 4.69) is 19.2 Å². The van der Waals surface area contributed by atoms with Crippen LogP contribution in [0.5, 0.6) is 5.75 Å². The van der Waals surface area contributed by atoms with Crippen LogP contribution in [0.2, 0.25) is 0 Å². The van der Waals surface area contributed by atoms with Gasteiger partial charge in [-0.15, -0.1) is 0 Å². The lowest BCUT2D eigenvalue weighted by molar-refractivity contribution is -0.122. The smallest absolute Gasteiger partial charge is 0.220 e. The van der Waals surface area contributed by atoms with Crippen LogP contribution in [0.3, 0.4) is 0 Å². The van der Waals surface area contributed by atoms with E-state index in [0.717, 1.165) is 12.2 Å². The minimum Gasteiger partial charge on any atom is -0.494 e. The zero-order valence-electron chi connectivity index (χ0n) is 12.4. The molecule has 106 valence electrons. The Morgan fingerprint density at radius 1 is 1.21 bits per heavy atom. The van der Waals surface area contributed by atoms with E-state index in [0.29, 0.717) is 18.9 Å².